The number of ketones is 1. The first-order chi connectivity index (χ1) is 13.0. The van der Waals surface area contributed by atoms with Crippen molar-refractivity contribution in [3.05, 3.63) is 45.5 Å². The van der Waals surface area contributed by atoms with Crippen LogP contribution in [0.1, 0.15) is 28.2 Å². The highest BCUT2D eigenvalue weighted by molar-refractivity contribution is 7.71. The molecule has 0 spiro atoms. The van der Waals surface area contributed by atoms with Gasteiger partial charge in [0.2, 0.25) is 5.91 Å². The molecule has 1 amide bonds. The molecule has 0 aliphatic heterocycles. The number of amides is 1. The number of nitrogens with one attached hydrogen (secondary N) is 2. The quantitative estimate of drug-likeness (QED) is 0.324. The molecule has 0 saturated heterocycles. The van der Waals surface area contributed by atoms with Crippen LogP contribution in [0, 0.1) is 11.7 Å². The zero-order valence-electron chi connectivity index (χ0n) is 14.5. The van der Waals surface area contributed by atoms with Crippen molar-refractivity contribution in [3.63, 3.8) is 0 Å². The van der Waals surface area contributed by atoms with E-state index >= 15 is 0 Å². The number of anilines is 1. The highest BCUT2D eigenvalue weighted by Gasteiger charge is 2.17. The van der Waals surface area contributed by atoms with Crippen LogP contribution in [-0.2, 0) is 11.3 Å². The Kier molecular flexibility index (Phi) is 6.09. The number of allylic oxidation sites excluding steroid dienone is 1. The van der Waals surface area contributed by atoms with E-state index in [1.165, 1.54) is 22.7 Å². The summed E-state index contributed by atoms with van der Waals surface area (Å²) in [6, 6.07) is 3.58. The summed E-state index contributed by atoms with van der Waals surface area (Å²) in [6.45, 7) is 6.09. The summed E-state index contributed by atoms with van der Waals surface area (Å²) in [7, 11) is 0. The van der Waals surface area contributed by atoms with E-state index in [2.05, 4.69) is 27.1 Å². The fourth-order valence-electron chi connectivity index (χ4n) is 2.42. The average molecular weight is 420 g/mol. The number of H-pyrrole nitrogens is 1. The lowest BCUT2D eigenvalue weighted by Crippen LogP contribution is -2.13. The van der Waals surface area contributed by atoms with E-state index in [4.69, 9.17) is 12.2 Å². The summed E-state index contributed by atoms with van der Waals surface area (Å²) in [6.07, 6.45) is 2.01. The molecular weight excluding hydrogens is 402 g/mol. The van der Waals surface area contributed by atoms with Crippen LogP contribution in [-0.4, -0.2) is 31.4 Å². The summed E-state index contributed by atoms with van der Waals surface area (Å²) in [5.41, 5.74) is 0.740. The Balaban J connectivity index is 1.68. The van der Waals surface area contributed by atoms with Crippen molar-refractivity contribution < 1.29 is 9.59 Å². The minimum absolute atomic E-state index is 0.0314. The number of Topliss-reactive ketones (excluding diaryl/α,β-unsaturated/α-hetero) is 1. The molecular formula is C17H17N5O2S3. The van der Waals surface area contributed by atoms with Gasteiger partial charge in [-0.3, -0.25) is 19.3 Å². The lowest BCUT2D eigenvalue weighted by molar-refractivity contribution is -0.116. The van der Waals surface area contributed by atoms with Crippen molar-refractivity contribution in [3.8, 4) is 10.7 Å². The summed E-state index contributed by atoms with van der Waals surface area (Å²) in [4.78, 5) is 30.0. The van der Waals surface area contributed by atoms with Crippen LogP contribution >= 0.6 is 34.9 Å². The van der Waals surface area contributed by atoms with Crippen LogP contribution in [0.25, 0.3) is 10.7 Å². The normalized spacial score (nSPS) is 10.7. The molecule has 10 heteroatoms. The first-order valence-corrected chi connectivity index (χ1v) is 10.2. The van der Waals surface area contributed by atoms with Gasteiger partial charge in [0.05, 0.1) is 15.4 Å². The minimum Gasteiger partial charge on any atom is -0.302 e. The van der Waals surface area contributed by atoms with E-state index in [1.54, 1.807) is 12.1 Å². The van der Waals surface area contributed by atoms with Gasteiger partial charge >= 0.3 is 0 Å². The maximum Gasteiger partial charge on any atom is 0.226 e. The number of carbonyl (C=O) groups excluding carboxylic acids is 2. The Morgan fingerprint density at radius 1 is 1.44 bits per heavy atom. The zero-order chi connectivity index (χ0) is 19.4. The molecule has 140 valence electrons. The van der Waals surface area contributed by atoms with E-state index < -0.39 is 0 Å². The van der Waals surface area contributed by atoms with E-state index in [0.717, 1.165) is 10.6 Å². The molecule has 0 bridgehead atoms. The number of hydrogen-bond donors (Lipinski definition) is 2. The lowest BCUT2D eigenvalue weighted by Gasteiger charge is -2.01. The largest absolute Gasteiger partial charge is 0.302 e. The van der Waals surface area contributed by atoms with Crippen molar-refractivity contribution in [2.75, 3.05) is 5.32 Å². The van der Waals surface area contributed by atoms with E-state index in [0.29, 0.717) is 27.1 Å². The van der Waals surface area contributed by atoms with Gasteiger partial charge in [0.1, 0.15) is 0 Å². The fourth-order valence-corrected chi connectivity index (χ4v) is 4.30. The van der Waals surface area contributed by atoms with Gasteiger partial charge in [-0.25, -0.2) is 4.98 Å². The van der Waals surface area contributed by atoms with Crippen molar-refractivity contribution in [2.24, 2.45) is 0 Å². The fraction of sp³-hybridized carbons (Fsp3) is 0.235. The number of carbonyl (C=O) groups is 2. The monoisotopic (exact) mass is 419 g/mol. The van der Waals surface area contributed by atoms with E-state index in [1.807, 2.05) is 22.9 Å². The lowest BCUT2D eigenvalue weighted by atomic mass is 10.2. The Labute approximate surface area is 168 Å². The first-order valence-electron chi connectivity index (χ1n) is 8.10. The van der Waals surface area contributed by atoms with Gasteiger partial charge in [-0.15, -0.1) is 17.9 Å². The van der Waals surface area contributed by atoms with Crippen LogP contribution in [0.5, 0.6) is 0 Å². The molecule has 3 aromatic rings. The van der Waals surface area contributed by atoms with Gasteiger partial charge in [0.15, 0.2) is 21.5 Å². The van der Waals surface area contributed by atoms with Crippen molar-refractivity contribution in [2.45, 2.75) is 26.3 Å². The predicted molar refractivity (Wildman–Crippen MR) is 110 cm³/mol. The molecule has 3 aromatic heterocycles. The summed E-state index contributed by atoms with van der Waals surface area (Å²) >= 11 is 7.93. The third-order valence-electron chi connectivity index (χ3n) is 3.69. The maximum absolute atomic E-state index is 12.2. The zero-order valence-corrected chi connectivity index (χ0v) is 17.0. The first kappa shape index (κ1) is 19.3. The molecule has 3 heterocycles. The Morgan fingerprint density at radius 3 is 2.96 bits per heavy atom. The molecule has 0 aromatic carbocycles. The smallest absolute Gasteiger partial charge is 0.226 e. The predicted octanol–water partition coefficient (Wildman–Crippen LogP) is 4.22. The van der Waals surface area contributed by atoms with Gasteiger partial charge in [-0.2, -0.15) is 5.10 Å². The summed E-state index contributed by atoms with van der Waals surface area (Å²) < 4.78 is 2.31. The van der Waals surface area contributed by atoms with Crippen LogP contribution < -0.4 is 5.32 Å². The van der Waals surface area contributed by atoms with E-state index in [9.17, 15) is 9.59 Å². The van der Waals surface area contributed by atoms with Gasteiger partial charge < -0.3 is 5.32 Å². The highest BCUT2D eigenvalue weighted by Crippen LogP contribution is 2.31. The number of nitrogens with zero attached hydrogens (tertiary/aromatic N) is 3. The van der Waals surface area contributed by atoms with Crippen LogP contribution in [0.4, 0.5) is 5.13 Å². The van der Waals surface area contributed by atoms with Gasteiger partial charge in [-0.05, 0) is 30.6 Å². The van der Waals surface area contributed by atoms with Crippen molar-refractivity contribution in [1.82, 2.24) is 19.7 Å². The summed E-state index contributed by atoms with van der Waals surface area (Å²) in [5, 5.41) is 12.1. The molecule has 7 nitrogen and oxygen atoms in total. The Bertz CT molecular complexity index is 1030. The topological polar surface area (TPSA) is 92.7 Å². The molecule has 3 rings (SSSR count). The third-order valence-corrected chi connectivity index (χ3v) is 5.98. The average Bonchev–Trinajstić information content (AvgIpc) is 3.35. The molecule has 27 heavy (non-hydrogen) atoms. The maximum atomic E-state index is 12.2. The Morgan fingerprint density at radius 2 is 2.26 bits per heavy atom. The second kappa shape index (κ2) is 8.51. The number of thiophene rings is 1. The molecule has 0 fully saturated rings. The molecule has 0 radical (unpaired) electrons. The van der Waals surface area contributed by atoms with Crippen molar-refractivity contribution in [1.29, 1.82) is 0 Å². The second-order valence-corrected chi connectivity index (χ2v) is 7.97. The number of aromatic amines is 1. The molecule has 0 atom stereocenters. The van der Waals surface area contributed by atoms with Gasteiger partial charge in [0, 0.05) is 19.4 Å². The third kappa shape index (κ3) is 4.46. The van der Waals surface area contributed by atoms with Crippen molar-refractivity contribution >= 4 is 51.7 Å². The number of aryl methyl sites for hydroxylation is 1. The van der Waals surface area contributed by atoms with Crippen LogP contribution in [0.15, 0.2) is 30.2 Å². The molecule has 0 unspecified atom stereocenters. The van der Waals surface area contributed by atoms with Gasteiger partial charge in [0.25, 0.3) is 0 Å². The molecule has 0 aliphatic carbocycles. The number of hydrogen-bond acceptors (Lipinski definition) is 7. The standard InChI is InChI=1S/C17H17N5O2S3/c1-3-8-22-15(20-21-17(22)25)14-10(2)18-16(27-14)19-13(24)7-6-11(23)12-5-4-9-26-12/h3-5,9H,1,6-8H2,2H3,(H,21,25)(H,18,19,24). The van der Waals surface area contributed by atoms with E-state index in [-0.39, 0.29) is 24.5 Å². The number of thiazole rings is 1. The summed E-state index contributed by atoms with van der Waals surface area (Å²) in [5.74, 6) is 0.379. The van der Waals surface area contributed by atoms with Crippen LogP contribution in [0.3, 0.4) is 0 Å². The SMILES string of the molecule is C=CCn1c(-c2sc(NC(=O)CCC(=O)c3cccs3)nc2C)n[nH]c1=S. The Hall–Kier alpha value is -2.43. The number of aromatic nitrogens is 4. The molecule has 2 N–H and O–H groups in total. The van der Waals surface area contributed by atoms with Crippen LogP contribution in [0.2, 0.25) is 0 Å². The van der Waals surface area contributed by atoms with Gasteiger partial charge in [-0.1, -0.05) is 23.5 Å². The minimum atomic E-state index is -0.245. The molecule has 0 aliphatic rings. The molecule has 0 saturated carbocycles. The number of rotatable bonds is 8. The second-order valence-electron chi connectivity index (χ2n) is 5.63. The highest BCUT2D eigenvalue weighted by atomic mass is 32.1.